The van der Waals surface area contributed by atoms with E-state index < -0.39 is 23.4 Å². The first-order valence-electron chi connectivity index (χ1n) is 9.22. The fourth-order valence-electron chi connectivity index (χ4n) is 3.19. The highest BCUT2D eigenvalue weighted by molar-refractivity contribution is 7.14. The Bertz CT molecular complexity index is 1220. The molecule has 9 heteroatoms. The van der Waals surface area contributed by atoms with Crippen LogP contribution in [0.4, 0.5) is 24.0 Å². The fourth-order valence-corrected chi connectivity index (χ4v) is 4.03. The van der Waals surface area contributed by atoms with Gasteiger partial charge in [0.05, 0.1) is 23.6 Å². The normalized spacial score (nSPS) is 14.7. The molecule has 0 aliphatic carbocycles. The molecule has 158 valence electrons. The first kappa shape index (κ1) is 20.8. The van der Waals surface area contributed by atoms with E-state index in [0.29, 0.717) is 23.1 Å². The van der Waals surface area contributed by atoms with Crippen molar-refractivity contribution < 1.29 is 27.5 Å². The van der Waals surface area contributed by atoms with Crippen molar-refractivity contribution in [2.75, 3.05) is 11.5 Å². The number of anilines is 2. The molecular weight excluding hydrogens is 429 g/mol. The maximum Gasteiger partial charge on any atom is 0.230 e. The molecule has 0 unspecified atom stereocenters. The highest BCUT2D eigenvalue weighted by Crippen LogP contribution is 2.33. The van der Waals surface area contributed by atoms with Crippen LogP contribution in [0, 0.1) is 17.5 Å². The lowest BCUT2D eigenvalue weighted by Gasteiger charge is -2.18. The highest BCUT2D eigenvalue weighted by atomic mass is 32.1. The fraction of sp³-hybridized carbons (Fsp3) is 0.136. The maximum atomic E-state index is 14.2. The van der Waals surface area contributed by atoms with Gasteiger partial charge in [0.1, 0.15) is 23.2 Å². The van der Waals surface area contributed by atoms with Crippen LogP contribution in [0.5, 0.6) is 5.75 Å². The number of carbonyl (C=O) groups is 2. The summed E-state index contributed by atoms with van der Waals surface area (Å²) in [5, 5.41) is 1.76. The minimum atomic E-state index is -0.903. The van der Waals surface area contributed by atoms with Crippen molar-refractivity contribution in [1.82, 2.24) is 4.98 Å². The summed E-state index contributed by atoms with van der Waals surface area (Å²) in [6.07, 6.45) is 1.82. The number of nitrogens with zero attached hydrogens (tertiary/aromatic N) is 2. The Morgan fingerprint density at radius 3 is 2.65 bits per heavy atom. The Morgan fingerprint density at radius 2 is 1.90 bits per heavy atom. The van der Waals surface area contributed by atoms with Crippen LogP contribution >= 0.6 is 11.3 Å². The van der Waals surface area contributed by atoms with E-state index in [9.17, 15) is 22.8 Å². The Morgan fingerprint density at radius 1 is 1.16 bits per heavy atom. The van der Waals surface area contributed by atoms with Gasteiger partial charge in [-0.15, -0.1) is 11.3 Å². The van der Waals surface area contributed by atoms with Crippen LogP contribution in [0.2, 0.25) is 0 Å². The lowest BCUT2D eigenvalue weighted by atomic mass is 10.0. The Kier molecular flexibility index (Phi) is 5.60. The largest absolute Gasteiger partial charge is 0.492 e. The number of aromatic nitrogens is 1. The van der Waals surface area contributed by atoms with E-state index in [4.69, 9.17) is 4.74 Å². The predicted octanol–water partition coefficient (Wildman–Crippen LogP) is 5.29. The van der Waals surface area contributed by atoms with E-state index in [1.165, 1.54) is 25.1 Å². The van der Waals surface area contributed by atoms with Gasteiger partial charge in [-0.2, -0.15) is 0 Å². The summed E-state index contributed by atoms with van der Waals surface area (Å²) in [4.78, 5) is 30.4. The lowest BCUT2D eigenvalue weighted by Crippen LogP contribution is -2.23. The molecule has 1 amide bonds. The van der Waals surface area contributed by atoms with Crippen LogP contribution in [-0.2, 0) is 4.79 Å². The van der Waals surface area contributed by atoms with Gasteiger partial charge in [0.25, 0.3) is 0 Å². The van der Waals surface area contributed by atoms with Crippen molar-refractivity contribution in [3.05, 3.63) is 76.1 Å². The molecule has 0 spiro atoms. The van der Waals surface area contributed by atoms with Crippen LogP contribution < -0.4 is 9.64 Å². The zero-order valence-electron chi connectivity index (χ0n) is 16.2. The Balaban J connectivity index is 1.68. The number of hydrogen-bond acceptors (Lipinski definition) is 5. The second kappa shape index (κ2) is 8.35. The van der Waals surface area contributed by atoms with E-state index in [2.05, 4.69) is 4.98 Å². The number of ketones is 1. The molecule has 1 aliphatic rings. The zero-order chi connectivity index (χ0) is 22.1. The number of carbonyl (C=O) groups excluding carboxylic acids is 2. The first-order valence-corrected chi connectivity index (χ1v) is 10.1. The van der Waals surface area contributed by atoms with Crippen molar-refractivity contribution in [3.8, 4) is 5.75 Å². The van der Waals surface area contributed by atoms with Crippen LogP contribution in [0.3, 0.4) is 0 Å². The summed E-state index contributed by atoms with van der Waals surface area (Å²) in [5.74, 6) is -2.80. The van der Waals surface area contributed by atoms with Gasteiger partial charge in [-0.05, 0) is 36.4 Å². The van der Waals surface area contributed by atoms with E-state index in [0.717, 1.165) is 34.4 Å². The van der Waals surface area contributed by atoms with Crippen molar-refractivity contribution >= 4 is 39.9 Å². The summed E-state index contributed by atoms with van der Waals surface area (Å²) >= 11 is 1.06. The van der Waals surface area contributed by atoms with Crippen molar-refractivity contribution in [3.63, 3.8) is 0 Å². The third-order valence-electron chi connectivity index (χ3n) is 4.60. The van der Waals surface area contributed by atoms with Crippen LogP contribution in [0.15, 0.2) is 47.4 Å². The molecule has 0 atom stereocenters. The van der Waals surface area contributed by atoms with Gasteiger partial charge in [-0.3, -0.25) is 14.5 Å². The van der Waals surface area contributed by atoms with Gasteiger partial charge in [-0.1, -0.05) is 0 Å². The molecule has 1 aromatic heterocycles. The minimum Gasteiger partial charge on any atom is -0.492 e. The monoisotopic (exact) mass is 444 g/mol. The molecule has 5 nitrogen and oxygen atoms in total. The standard InChI is InChI=1S/C22H15F3N2O3S/c1-12(28)27(19-4-2-15(24)10-18(19)25)22-26-16(11-31-22)8-13-6-7-30-20-5-3-14(23)9-17(20)21(13)29/h2-5,8-11H,6-7H2,1H3. The van der Waals surface area contributed by atoms with E-state index in [-0.39, 0.29) is 35.2 Å². The van der Waals surface area contributed by atoms with Gasteiger partial charge in [0, 0.05) is 30.4 Å². The number of thiazole rings is 1. The molecule has 31 heavy (non-hydrogen) atoms. The topological polar surface area (TPSA) is 59.5 Å². The van der Waals surface area contributed by atoms with Crippen molar-refractivity contribution in [1.29, 1.82) is 0 Å². The quantitative estimate of drug-likeness (QED) is 0.515. The number of benzene rings is 2. The van der Waals surface area contributed by atoms with Gasteiger partial charge >= 0.3 is 0 Å². The Hall–Kier alpha value is -3.46. The third kappa shape index (κ3) is 4.22. The lowest BCUT2D eigenvalue weighted by molar-refractivity contribution is -0.115. The summed E-state index contributed by atoms with van der Waals surface area (Å²) in [6.45, 7) is 1.47. The highest BCUT2D eigenvalue weighted by Gasteiger charge is 2.24. The molecule has 2 heterocycles. The number of halogens is 3. The molecule has 1 aliphatic heterocycles. The molecule has 0 radical (unpaired) electrons. The summed E-state index contributed by atoms with van der Waals surface area (Å²) in [7, 11) is 0. The SMILES string of the molecule is CC(=O)N(c1nc(C=C2CCOc3ccc(F)cc3C2=O)cs1)c1ccc(F)cc1F. The van der Waals surface area contributed by atoms with E-state index in [1.807, 2.05) is 0 Å². The summed E-state index contributed by atoms with van der Waals surface area (Å²) in [5.41, 5.74) is 0.726. The number of fused-ring (bicyclic) bond motifs is 1. The Labute approximate surface area is 179 Å². The minimum absolute atomic E-state index is 0.123. The number of ether oxygens (including phenoxy) is 1. The summed E-state index contributed by atoms with van der Waals surface area (Å²) < 4.78 is 46.6. The number of rotatable bonds is 3. The van der Waals surface area contributed by atoms with E-state index in [1.54, 1.807) is 5.38 Å². The maximum absolute atomic E-state index is 14.2. The molecule has 0 N–H and O–H groups in total. The molecule has 0 saturated carbocycles. The molecule has 3 aromatic rings. The number of Topliss-reactive ketones (excluding diaryl/α,β-unsaturated/α-hetero) is 1. The van der Waals surface area contributed by atoms with Gasteiger partial charge < -0.3 is 4.74 Å². The number of hydrogen-bond donors (Lipinski definition) is 0. The average Bonchev–Trinajstić information content (AvgIpc) is 3.11. The number of amides is 1. The average molecular weight is 444 g/mol. The second-order valence-corrected chi connectivity index (χ2v) is 7.58. The van der Waals surface area contributed by atoms with Crippen LogP contribution in [0.1, 0.15) is 29.4 Å². The predicted molar refractivity (Wildman–Crippen MR) is 110 cm³/mol. The molecule has 0 bridgehead atoms. The smallest absolute Gasteiger partial charge is 0.230 e. The van der Waals surface area contributed by atoms with Crippen LogP contribution in [-0.4, -0.2) is 23.3 Å². The van der Waals surface area contributed by atoms with E-state index >= 15 is 0 Å². The molecule has 2 aromatic carbocycles. The third-order valence-corrected chi connectivity index (χ3v) is 5.44. The van der Waals surface area contributed by atoms with Gasteiger partial charge in [-0.25, -0.2) is 18.2 Å². The second-order valence-electron chi connectivity index (χ2n) is 6.74. The van der Waals surface area contributed by atoms with Gasteiger partial charge in [0.15, 0.2) is 10.9 Å². The molecule has 0 fully saturated rings. The zero-order valence-corrected chi connectivity index (χ0v) is 17.0. The first-order chi connectivity index (χ1) is 14.8. The molecule has 4 rings (SSSR count). The molecule has 0 saturated heterocycles. The van der Waals surface area contributed by atoms with Crippen molar-refractivity contribution in [2.45, 2.75) is 13.3 Å². The van der Waals surface area contributed by atoms with Crippen molar-refractivity contribution in [2.24, 2.45) is 0 Å². The molecular formula is C22H15F3N2O3S. The van der Waals surface area contributed by atoms with Crippen LogP contribution in [0.25, 0.3) is 6.08 Å². The van der Waals surface area contributed by atoms with Gasteiger partial charge in [0.2, 0.25) is 5.91 Å². The summed E-state index contributed by atoms with van der Waals surface area (Å²) in [6, 6.07) is 6.64.